The van der Waals surface area contributed by atoms with E-state index in [9.17, 15) is 4.79 Å². The number of benzene rings is 3. The zero-order chi connectivity index (χ0) is 22.9. The van der Waals surface area contributed by atoms with Crippen LogP contribution in [-0.2, 0) is 11.3 Å². The number of amides is 1. The zero-order valence-corrected chi connectivity index (χ0v) is 19.0. The summed E-state index contributed by atoms with van der Waals surface area (Å²) in [6, 6.07) is 27.7. The molecular formula is C25H24N6OS. The standard InChI is InChI=1S/C25H24N6OS/c1-19-12-14-21(15-13-19)26-17-23-28-30-25(31(23)22-10-6-3-7-11-22)33-18-24(32)29-27-16-20-8-4-2-5-9-20/h2-16,26H,17-18H2,1H3,(H,29,32)/b27-16+. The number of rotatable bonds is 9. The Kier molecular flexibility index (Phi) is 7.50. The molecule has 166 valence electrons. The molecule has 2 N–H and O–H groups in total. The average Bonchev–Trinajstić information content (AvgIpc) is 3.26. The highest BCUT2D eigenvalue weighted by Crippen LogP contribution is 2.22. The number of nitrogens with one attached hydrogen (secondary N) is 2. The molecule has 0 spiro atoms. The van der Waals surface area contributed by atoms with Crippen LogP contribution in [-0.4, -0.2) is 32.6 Å². The Morgan fingerprint density at radius 3 is 2.39 bits per heavy atom. The van der Waals surface area contributed by atoms with Crippen LogP contribution in [0.5, 0.6) is 0 Å². The first-order valence-corrected chi connectivity index (χ1v) is 11.5. The zero-order valence-electron chi connectivity index (χ0n) is 18.2. The molecule has 7 nitrogen and oxygen atoms in total. The summed E-state index contributed by atoms with van der Waals surface area (Å²) >= 11 is 1.32. The number of hydrazone groups is 1. The van der Waals surface area contributed by atoms with E-state index in [-0.39, 0.29) is 11.7 Å². The van der Waals surface area contributed by atoms with E-state index in [0.717, 1.165) is 22.8 Å². The third-order valence-electron chi connectivity index (χ3n) is 4.75. The van der Waals surface area contributed by atoms with Gasteiger partial charge in [-0.1, -0.05) is 78.0 Å². The van der Waals surface area contributed by atoms with E-state index in [2.05, 4.69) is 45.1 Å². The molecule has 0 saturated heterocycles. The van der Waals surface area contributed by atoms with E-state index < -0.39 is 0 Å². The Morgan fingerprint density at radius 1 is 0.970 bits per heavy atom. The van der Waals surface area contributed by atoms with Crippen molar-refractivity contribution in [2.24, 2.45) is 5.10 Å². The van der Waals surface area contributed by atoms with E-state index in [4.69, 9.17) is 0 Å². The summed E-state index contributed by atoms with van der Waals surface area (Å²) in [6.45, 7) is 2.56. The van der Waals surface area contributed by atoms with Gasteiger partial charge in [0.2, 0.25) is 0 Å². The van der Waals surface area contributed by atoms with Crippen LogP contribution in [0.4, 0.5) is 5.69 Å². The van der Waals surface area contributed by atoms with Crippen molar-refractivity contribution in [1.82, 2.24) is 20.2 Å². The molecule has 1 amide bonds. The van der Waals surface area contributed by atoms with E-state index in [1.807, 2.05) is 77.4 Å². The minimum atomic E-state index is -0.214. The lowest BCUT2D eigenvalue weighted by Gasteiger charge is -2.11. The van der Waals surface area contributed by atoms with Crippen molar-refractivity contribution in [2.45, 2.75) is 18.6 Å². The summed E-state index contributed by atoms with van der Waals surface area (Å²) in [4.78, 5) is 12.3. The van der Waals surface area contributed by atoms with Crippen molar-refractivity contribution < 1.29 is 4.79 Å². The number of carbonyl (C=O) groups excluding carboxylic acids is 1. The van der Waals surface area contributed by atoms with Gasteiger partial charge >= 0.3 is 0 Å². The van der Waals surface area contributed by atoms with Crippen LogP contribution in [0.2, 0.25) is 0 Å². The predicted octanol–water partition coefficient (Wildman–Crippen LogP) is 4.43. The largest absolute Gasteiger partial charge is 0.378 e. The number of aromatic nitrogens is 3. The molecule has 8 heteroatoms. The van der Waals surface area contributed by atoms with Crippen LogP contribution in [0, 0.1) is 6.92 Å². The molecule has 0 bridgehead atoms. The van der Waals surface area contributed by atoms with Gasteiger partial charge in [0, 0.05) is 11.4 Å². The normalized spacial score (nSPS) is 10.9. The van der Waals surface area contributed by atoms with Crippen molar-refractivity contribution in [1.29, 1.82) is 0 Å². The first-order valence-electron chi connectivity index (χ1n) is 10.5. The van der Waals surface area contributed by atoms with Gasteiger partial charge in [0.15, 0.2) is 11.0 Å². The average molecular weight is 457 g/mol. The monoisotopic (exact) mass is 456 g/mol. The maximum Gasteiger partial charge on any atom is 0.250 e. The number of hydrogen-bond acceptors (Lipinski definition) is 6. The van der Waals surface area contributed by atoms with Crippen molar-refractivity contribution in [2.75, 3.05) is 11.1 Å². The Balaban J connectivity index is 1.43. The molecule has 0 aliphatic rings. The van der Waals surface area contributed by atoms with Crippen LogP contribution in [0.1, 0.15) is 17.0 Å². The summed E-state index contributed by atoms with van der Waals surface area (Å²) in [5.74, 6) is 0.712. The van der Waals surface area contributed by atoms with Crippen molar-refractivity contribution in [3.05, 3.63) is 102 Å². The molecule has 0 atom stereocenters. The number of aryl methyl sites for hydroxylation is 1. The lowest BCUT2D eigenvalue weighted by molar-refractivity contribution is -0.118. The van der Waals surface area contributed by atoms with Gasteiger partial charge in [-0.05, 0) is 36.8 Å². The predicted molar refractivity (Wildman–Crippen MR) is 133 cm³/mol. The minimum absolute atomic E-state index is 0.169. The van der Waals surface area contributed by atoms with Gasteiger partial charge in [0.05, 0.1) is 18.5 Å². The highest BCUT2D eigenvalue weighted by molar-refractivity contribution is 7.99. The highest BCUT2D eigenvalue weighted by atomic mass is 32.2. The Labute approximate surface area is 197 Å². The van der Waals surface area contributed by atoms with Gasteiger partial charge in [-0.3, -0.25) is 9.36 Å². The fourth-order valence-corrected chi connectivity index (χ4v) is 3.84. The molecule has 0 aliphatic heterocycles. The van der Waals surface area contributed by atoms with Gasteiger partial charge in [-0.25, -0.2) is 5.43 Å². The molecule has 4 rings (SSSR count). The third kappa shape index (κ3) is 6.30. The fourth-order valence-electron chi connectivity index (χ4n) is 3.08. The van der Waals surface area contributed by atoms with Crippen LogP contribution in [0.15, 0.2) is 95.2 Å². The van der Waals surface area contributed by atoms with Gasteiger partial charge in [-0.2, -0.15) is 5.10 Å². The molecule has 0 fully saturated rings. The minimum Gasteiger partial charge on any atom is -0.378 e. The maximum absolute atomic E-state index is 12.3. The van der Waals surface area contributed by atoms with Gasteiger partial charge in [-0.15, -0.1) is 10.2 Å². The SMILES string of the molecule is Cc1ccc(NCc2nnc(SCC(=O)N/N=C/c3ccccc3)n2-c2ccccc2)cc1. The number of nitrogens with zero attached hydrogens (tertiary/aromatic N) is 4. The van der Waals surface area contributed by atoms with Crippen LogP contribution < -0.4 is 10.7 Å². The Hall–Kier alpha value is -3.91. The van der Waals surface area contributed by atoms with E-state index in [0.29, 0.717) is 11.7 Å². The first kappa shape index (κ1) is 22.3. The second kappa shape index (κ2) is 11.1. The summed E-state index contributed by atoms with van der Waals surface area (Å²) < 4.78 is 1.96. The van der Waals surface area contributed by atoms with E-state index >= 15 is 0 Å². The van der Waals surface area contributed by atoms with Gasteiger partial charge < -0.3 is 5.32 Å². The second-order valence-corrected chi connectivity index (χ2v) is 8.22. The van der Waals surface area contributed by atoms with Crippen molar-refractivity contribution in [3.63, 3.8) is 0 Å². The molecule has 1 heterocycles. The Bertz CT molecular complexity index is 1210. The van der Waals surface area contributed by atoms with Crippen LogP contribution in [0.3, 0.4) is 0 Å². The summed E-state index contributed by atoms with van der Waals surface area (Å²) in [5.41, 5.74) is 6.63. The molecular weight excluding hydrogens is 432 g/mol. The van der Waals surface area contributed by atoms with Gasteiger partial charge in [0.25, 0.3) is 5.91 Å². The van der Waals surface area contributed by atoms with Crippen molar-refractivity contribution >= 4 is 29.6 Å². The number of thioether (sulfide) groups is 1. The molecule has 33 heavy (non-hydrogen) atoms. The Morgan fingerprint density at radius 2 is 1.67 bits per heavy atom. The number of hydrogen-bond donors (Lipinski definition) is 2. The molecule has 4 aromatic rings. The quantitative estimate of drug-likeness (QED) is 0.221. The van der Waals surface area contributed by atoms with Gasteiger partial charge in [0.1, 0.15) is 0 Å². The fraction of sp³-hybridized carbons (Fsp3) is 0.120. The lowest BCUT2D eigenvalue weighted by Crippen LogP contribution is -2.20. The highest BCUT2D eigenvalue weighted by Gasteiger charge is 2.15. The van der Waals surface area contributed by atoms with Crippen LogP contribution in [0.25, 0.3) is 5.69 Å². The summed E-state index contributed by atoms with van der Waals surface area (Å²) in [5, 5.41) is 16.8. The summed E-state index contributed by atoms with van der Waals surface area (Å²) in [6.07, 6.45) is 1.61. The molecule has 0 saturated carbocycles. The number of para-hydroxylation sites is 1. The molecule has 0 unspecified atom stereocenters. The molecule has 1 aromatic heterocycles. The van der Waals surface area contributed by atoms with Crippen LogP contribution >= 0.6 is 11.8 Å². The summed E-state index contributed by atoms with van der Waals surface area (Å²) in [7, 11) is 0. The topological polar surface area (TPSA) is 84.2 Å². The number of carbonyl (C=O) groups is 1. The first-order chi connectivity index (χ1) is 16.2. The molecule has 0 radical (unpaired) electrons. The molecule has 3 aromatic carbocycles. The van der Waals surface area contributed by atoms with E-state index in [1.165, 1.54) is 17.3 Å². The smallest absolute Gasteiger partial charge is 0.250 e. The number of anilines is 1. The third-order valence-corrected chi connectivity index (χ3v) is 5.68. The lowest BCUT2D eigenvalue weighted by atomic mass is 10.2. The second-order valence-electron chi connectivity index (χ2n) is 7.28. The van der Waals surface area contributed by atoms with Crippen molar-refractivity contribution in [3.8, 4) is 5.69 Å². The van der Waals surface area contributed by atoms with E-state index in [1.54, 1.807) is 6.21 Å². The maximum atomic E-state index is 12.3. The molecule has 0 aliphatic carbocycles.